The molecular weight excluding hydrogens is 395 g/mol. The fourth-order valence-electron chi connectivity index (χ4n) is 3.05. The third-order valence-electron chi connectivity index (χ3n) is 4.63. The molecule has 2 aromatic carbocycles. The molecule has 2 aromatic rings. The molecular formula is C22H24ClFN2O3. The van der Waals surface area contributed by atoms with E-state index in [2.05, 4.69) is 16.8 Å². The number of benzene rings is 2. The number of carbonyl (C=O) groups is 1. The number of carbonyl (C=O) groups excluding carboxylic acids is 1. The number of hydrogen-bond acceptors (Lipinski definition) is 4. The molecule has 3 rings (SSSR count). The van der Waals surface area contributed by atoms with Crippen molar-refractivity contribution in [2.75, 3.05) is 26.2 Å². The van der Waals surface area contributed by atoms with Crippen LogP contribution in [-0.4, -0.2) is 43.2 Å². The quantitative estimate of drug-likeness (QED) is 0.668. The van der Waals surface area contributed by atoms with Gasteiger partial charge in [0.05, 0.1) is 6.54 Å². The molecule has 1 unspecified atom stereocenters. The summed E-state index contributed by atoms with van der Waals surface area (Å²) in [6, 6.07) is 12.9. The van der Waals surface area contributed by atoms with Gasteiger partial charge in [0.2, 0.25) is 0 Å². The van der Waals surface area contributed by atoms with E-state index >= 15 is 0 Å². The van der Waals surface area contributed by atoms with Gasteiger partial charge in [0.1, 0.15) is 23.4 Å². The summed E-state index contributed by atoms with van der Waals surface area (Å²) < 4.78 is 24.1. The van der Waals surface area contributed by atoms with Gasteiger partial charge < -0.3 is 19.7 Å². The second-order valence-corrected chi connectivity index (χ2v) is 7.27. The van der Waals surface area contributed by atoms with Gasteiger partial charge in [0.25, 0.3) is 5.91 Å². The Labute approximate surface area is 175 Å². The van der Waals surface area contributed by atoms with Crippen LogP contribution in [-0.2, 0) is 4.79 Å². The first kappa shape index (κ1) is 21.0. The summed E-state index contributed by atoms with van der Waals surface area (Å²) in [5.74, 6) is 0.686. The van der Waals surface area contributed by atoms with Crippen molar-refractivity contribution in [1.29, 1.82) is 0 Å². The van der Waals surface area contributed by atoms with E-state index in [9.17, 15) is 9.18 Å². The van der Waals surface area contributed by atoms with Crippen LogP contribution in [0.3, 0.4) is 0 Å². The van der Waals surface area contributed by atoms with Crippen molar-refractivity contribution in [2.24, 2.45) is 0 Å². The molecule has 0 bridgehead atoms. The molecule has 0 aliphatic carbocycles. The number of nitrogens with zero attached hydrogens (tertiary/aromatic N) is 1. The topological polar surface area (TPSA) is 50.8 Å². The molecule has 1 aliphatic rings. The van der Waals surface area contributed by atoms with Gasteiger partial charge in [-0.3, -0.25) is 4.79 Å². The van der Waals surface area contributed by atoms with E-state index in [4.69, 9.17) is 21.1 Å². The summed E-state index contributed by atoms with van der Waals surface area (Å²) in [6.45, 7) is 6.13. The Bertz CT molecular complexity index is 827. The van der Waals surface area contributed by atoms with Crippen LogP contribution in [0.2, 0.25) is 5.02 Å². The zero-order chi connectivity index (χ0) is 20.6. The lowest BCUT2D eigenvalue weighted by Crippen LogP contribution is -2.31. The first-order valence-electron chi connectivity index (χ1n) is 9.49. The molecule has 1 fully saturated rings. The molecule has 1 heterocycles. The first-order valence-corrected chi connectivity index (χ1v) is 9.87. The average molecular weight is 419 g/mol. The van der Waals surface area contributed by atoms with Crippen LogP contribution in [0.15, 0.2) is 60.8 Å². The lowest BCUT2D eigenvalue weighted by Gasteiger charge is -2.21. The Kier molecular flexibility index (Phi) is 7.36. The minimum absolute atomic E-state index is 0.103. The predicted octanol–water partition coefficient (Wildman–Crippen LogP) is 4.03. The van der Waals surface area contributed by atoms with Crippen LogP contribution in [0, 0.1) is 5.82 Å². The molecule has 0 radical (unpaired) electrons. The monoisotopic (exact) mass is 418 g/mol. The molecule has 7 heteroatoms. The fourth-order valence-corrected chi connectivity index (χ4v) is 3.18. The number of nitrogens with one attached hydrogen (secondary N) is 1. The van der Waals surface area contributed by atoms with E-state index in [1.54, 1.807) is 0 Å². The van der Waals surface area contributed by atoms with Crippen LogP contribution in [0.1, 0.15) is 12.8 Å². The Morgan fingerprint density at radius 3 is 2.59 bits per heavy atom. The largest absolute Gasteiger partial charge is 0.489 e. The highest BCUT2D eigenvalue weighted by molar-refractivity contribution is 6.30. The number of rotatable bonds is 9. The Morgan fingerprint density at radius 1 is 1.17 bits per heavy atom. The average Bonchev–Trinajstić information content (AvgIpc) is 3.18. The third-order valence-corrected chi connectivity index (χ3v) is 4.88. The molecule has 29 heavy (non-hydrogen) atoms. The maximum absolute atomic E-state index is 12.8. The van der Waals surface area contributed by atoms with Crippen LogP contribution in [0.25, 0.3) is 0 Å². The van der Waals surface area contributed by atoms with Crippen LogP contribution >= 0.6 is 11.6 Å². The highest BCUT2D eigenvalue weighted by Gasteiger charge is 2.24. The van der Waals surface area contributed by atoms with Crippen LogP contribution in [0.5, 0.6) is 11.5 Å². The molecule has 154 valence electrons. The zero-order valence-electron chi connectivity index (χ0n) is 16.1. The van der Waals surface area contributed by atoms with Gasteiger partial charge in [0.15, 0.2) is 6.61 Å². The molecule has 0 spiro atoms. The van der Waals surface area contributed by atoms with E-state index in [-0.39, 0.29) is 24.4 Å². The maximum Gasteiger partial charge on any atom is 0.257 e. The van der Waals surface area contributed by atoms with Gasteiger partial charge in [-0.25, -0.2) is 4.39 Å². The number of likely N-dealkylation sites (tertiary alicyclic amines) is 1. The molecule has 1 aliphatic heterocycles. The Morgan fingerprint density at radius 2 is 1.86 bits per heavy atom. The van der Waals surface area contributed by atoms with Gasteiger partial charge in [-0.2, -0.15) is 0 Å². The van der Waals surface area contributed by atoms with Crippen molar-refractivity contribution >= 4 is 17.5 Å². The second-order valence-electron chi connectivity index (χ2n) is 6.84. The minimum atomic E-state index is -0.344. The smallest absolute Gasteiger partial charge is 0.257 e. The van der Waals surface area contributed by atoms with E-state index in [0.29, 0.717) is 23.7 Å². The third kappa shape index (κ3) is 6.68. The van der Waals surface area contributed by atoms with Crippen molar-refractivity contribution in [3.63, 3.8) is 0 Å². The molecule has 0 saturated carbocycles. The zero-order valence-corrected chi connectivity index (χ0v) is 16.8. The van der Waals surface area contributed by atoms with E-state index < -0.39 is 0 Å². The predicted molar refractivity (Wildman–Crippen MR) is 111 cm³/mol. The summed E-state index contributed by atoms with van der Waals surface area (Å²) in [4.78, 5) is 14.1. The van der Waals surface area contributed by atoms with E-state index in [1.165, 1.54) is 24.3 Å². The highest BCUT2D eigenvalue weighted by Crippen LogP contribution is 2.23. The fraction of sp³-hybridized carbons (Fsp3) is 0.318. The number of ether oxygens (including phenoxy) is 2. The van der Waals surface area contributed by atoms with Gasteiger partial charge >= 0.3 is 0 Å². The Hall–Kier alpha value is -2.73. The summed E-state index contributed by atoms with van der Waals surface area (Å²) in [5, 5.41) is 3.49. The van der Waals surface area contributed by atoms with Crippen LogP contribution < -0.4 is 14.8 Å². The number of hydrogen-bond donors (Lipinski definition) is 1. The van der Waals surface area contributed by atoms with Crippen molar-refractivity contribution in [3.05, 3.63) is 71.6 Å². The summed E-state index contributed by atoms with van der Waals surface area (Å²) in [7, 11) is 0. The van der Waals surface area contributed by atoms with Crippen molar-refractivity contribution in [3.8, 4) is 11.5 Å². The van der Waals surface area contributed by atoms with Crippen molar-refractivity contribution < 1.29 is 18.7 Å². The van der Waals surface area contributed by atoms with Crippen molar-refractivity contribution in [2.45, 2.75) is 18.9 Å². The number of amides is 1. The maximum atomic E-state index is 12.8. The van der Waals surface area contributed by atoms with Gasteiger partial charge in [0, 0.05) is 36.7 Å². The summed E-state index contributed by atoms with van der Waals surface area (Å²) in [6.07, 6.45) is 1.67. The SMILES string of the molecule is C=C(CCNC(=O)COc1ccc(F)cc1)N1CCC(Oc2ccc(Cl)cc2)C1. The molecule has 5 nitrogen and oxygen atoms in total. The van der Waals surface area contributed by atoms with Crippen molar-refractivity contribution in [1.82, 2.24) is 10.2 Å². The summed E-state index contributed by atoms with van der Waals surface area (Å²) >= 11 is 5.89. The molecule has 1 saturated heterocycles. The second kappa shape index (κ2) is 10.2. The Balaban J connectivity index is 1.32. The standard InChI is InChI=1S/C22H24ClFN2O3/c1-16(10-12-25-22(27)15-28-19-8-4-18(24)5-9-19)26-13-11-21(14-26)29-20-6-2-17(23)3-7-20/h2-9,21H,1,10-15H2,(H,25,27). The lowest BCUT2D eigenvalue weighted by atomic mass is 10.3. The van der Waals surface area contributed by atoms with E-state index in [1.807, 2.05) is 24.3 Å². The first-order chi connectivity index (χ1) is 14.0. The molecule has 1 amide bonds. The number of halogens is 2. The van der Waals surface area contributed by atoms with Gasteiger partial charge in [-0.1, -0.05) is 18.2 Å². The highest BCUT2D eigenvalue weighted by atomic mass is 35.5. The molecule has 1 atom stereocenters. The summed E-state index contributed by atoms with van der Waals surface area (Å²) in [5.41, 5.74) is 0.965. The molecule has 0 aromatic heterocycles. The van der Waals surface area contributed by atoms with Gasteiger partial charge in [-0.15, -0.1) is 0 Å². The van der Waals surface area contributed by atoms with E-state index in [0.717, 1.165) is 31.0 Å². The molecule has 1 N–H and O–H groups in total. The lowest BCUT2D eigenvalue weighted by molar-refractivity contribution is -0.123. The minimum Gasteiger partial charge on any atom is -0.489 e. The normalized spacial score (nSPS) is 15.8. The van der Waals surface area contributed by atoms with Gasteiger partial charge in [-0.05, 0) is 48.5 Å². The van der Waals surface area contributed by atoms with Crippen LogP contribution in [0.4, 0.5) is 4.39 Å².